The minimum atomic E-state index is -0.226. The van der Waals surface area contributed by atoms with Gasteiger partial charge in [-0.1, -0.05) is 0 Å². The lowest BCUT2D eigenvalue weighted by atomic mass is 10.2. The number of nitrogens with one attached hydrogen (secondary N) is 1. The molecule has 0 atom stereocenters. The summed E-state index contributed by atoms with van der Waals surface area (Å²) in [6.45, 7) is 0.0114. The molecule has 8 heteroatoms. The molecular formula is C12H13N7O. The number of amides is 1. The SMILES string of the molecule is Cn1cnc2cc(NC(=O)Cn3ncc(N)n3)ccc21. The van der Waals surface area contributed by atoms with E-state index in [1.807, 2.05) is 29.8 Å². The monoisotopic (exact) mass is 271 g/mol. The van der Waals surface area contributed by atoms with Gasteiger partial charge in [0.2, 0.25) is 5.91 Å². The first kappa shape index (κ1) is 12.2. The van der Waals surface area contributed by atoms with Gasteiger partial charge in [-0.3, -0.25) is 4.79 Å². The van der Waals surface area contributed by atoms with Crippen molar-refractivity contribution >= 4 is 28.4 Å². The number of nitrogens with zero attached hydrogens (tertiary/aromatic N) is 5. The molecule has 102 valence electrons. The maximum atomic E-state index is 11.9. The molecule has 2 heterocycles. The number of aromatic nitrogens is 5. The Kier molecular flexibility index (Phi) is 2.82. The molecule has 3 aromatic rings. The summed E-state index contributed by atoms with van der Waals surface area (Å²) in [6, 6.07) is 5.55. The number of imidazole rings is 1. The Balaban J connectivity index is 1.73. The first-order valence-corrected chi connectivity index (χ1v) is 5.98. The van der Waals surface area contributed by atoms with Crippen LogP contribution in [0.2, 0.25) is 0 Å². The Morgan fingerprint density at radius 1 is 1.45 bits per heavy atom. The Bertz CT molecular complexity index is 773. The standard InChI is InChI=1S/C12H13N7O/c1-18-7-14-9-4-8(2-3-10(9)18)16-12(20)6-19-15-5-11(13)17-19/h2-5,7H,6H2,1H3,(H2,13,17)(H,16,20). The molecule has 0 aliphatic heterocycles. The summed E-state index contributed by atoms with van der Waals surface area (Å²) in [4.78, 5) is 17.3. The van der Waals surface area contributed by atoms with Crippen LogP contribution in [0.25, 0.3) is 11.0 Å². The van der Waals surface area contributed by atoms with E-state index in [1.165, 1.54) is 11.0 Å². The zero-order valence-electron chi connectivity index (χ0n) is 10.8. The molecule has 0 saturated carbocycles. The van der Waals surface area contributed by atoms with Crippen molar-refractivity contribution < 1.29 is 4.79 Å². The quantitative estimate of drug-likeness (QED) is 0.717. The first-order valence-electron chi connectivity index (χ1n) is 5.98. The third-order valence-electron chi connectivity index (χ3n) is 2.85. The normalized spacial score (nSPS) is 10.8. The highest BCUT2D eigenvalue weighted by atomic mass is 16.2. The van der Waals surface area contributed by atoms with Crippen molar-refractivity contribution in [3.8, 4) is 0 Å². The van der Waals surface area contributed by atoms with Crippen molar-refractivity contribution in [2.75, 3.05) is 11.1 Å². The van der Waals surface area contributed by atoms with Gasteiger partial charge in [0.25, 0.3) is 0 Å². The molecule has 3 N–H and O–H groups in total. The Morgan fingerprint density at radius 2 is 2.30 bits per heavy atom. The van der Waals surface area contributed by atoms with E-state index in [4.69, 9.17) is 5.73 Å². The average Bonchev–Trinajstić information content (AvgIpc) is 2.96. The van der Waals surface area contributed by atoms with E-state index in [9.17, 15) is 4.79 Å². The van der Waals surface area contributed by atoms with Gasteiger partial charge in [-0.15, -0.1) is 5.10 Å². The minimum Gasteiger partial charge on any atom is -0.381 e. The number of hydrogen-bond acceptors (Lipinski definition) is 5. The fourth-order valence-corrected chi connectivity index (χ4v) is 1.93. The maximum absolute atomic E-state index is 11.9. The molecule has 8 nitrogen and oxygen atoms in total. The van der Waals surface area contributed by atoms with Crippen molar-refractivity contribution in [3.05, 3.63) is 30.7 Å². The number of hydrogen-bond donors (Lipinski definition) is 2. The maximum Gasteiger partial charge on any atom is 0.247 e. The highest BCUT2D eigenvalue weighted by Crippen LogP contribution is 2.17. The second-order valence-electron chi connectivity index (χ2n) is 4.41. The van der Waals surface area contributed by atoms with Gasteiger partial charge >= 0.3 is 0 Å². The zero-order chi connectivity index (χ0) is 14.1. The van der Waals surface area contributed by atoms with Gasteiger partial charge < -0.3 is 15.6 Å². The Morgan fingerprint density at radius 3 is 3.05 bits per heavy atom. The van der Waals surface area contributed by atoms with Crippen molar-refractivity contribution in [2.24, 2.45) is 7.05 Å². The van der Waals surface area contributed by atoms with Gasteiger partial charge in [0, 0.05) is 12.7 Å². The lowest BCUT2D eigenvalue weighted by molar-refractivity contribution is -0.117. The van der Waals surface area contributed by atoms with Gasteiger partial charge in [0.15, 0.2) is 5.82 Å². The van der Waals surface area contributed by atoms with Crippen molar-refractivity contribution in [1.82, 2.24) is 24.5 Å². The van der Waals surface area contributed by atoms with Crippen LogP contribution in [0.15, 0.2) is 30.7 Å². The number of benzene rings is 1. The van der Waals surface area contributed by atoms with Crippen LogP contribution in [0.4, 0.5) is 11.5 Å². The van der Waals surface area contributed by atoms with E-state index in [1.54, 1.807) is 6.33 Å². The highest BCUT2D eigenvalue weighted by molar-refractivity contribution is 5.92. The Hall–Kier alpha value is -2.90. The molecule has 2 aromatic heterocycles. The fraction of sp³-hybridized carbons (Fsp3) is 0.167. The smallest absolute Gasteiger partial charge is 0.247 e. The topological polar surface area (TPSA) is 104 Å². The largest absolute Gasteiger partial charge is 0.381 e. The summed E-state index contributed by atoms with van der Waals surface area (Å²) in [6.07, 6.45) is 3.12. The molecule has 1 aromatic carbocycles. The van der Waals surface area contributed by atoms with E-state index >= 15 is 0 Å². The average molecular weight is 271 g/mol. The number of aryl methyl sites for hydroxylation is 1. The Labute approximate surface area is 114 Å². The van der Waals surface area contributed by atoms with Gasteiger partial charge in [-0.2, -0.15) is 9.90 Å². The molecule has 0 unspecified atom stereocenters. The van der Waals surface area contributed by atoms with Crippen LogP contribution in [-0.4, -0.2) is 30.5 Å². The summed E-state index contributed by atoms with van der Waals surface area (Å²) < 4.78 is 1.91. The van der Waals surface area contributed by atoms with Crippen molar-refractivity contribution in [1.29, 1.82) is 0 Å². The molecular weight excluding hydrogens is 258 g/mol. The molecule has 1 amide bonds. The van der Waals surface area contributed by atoms with Crippen LogP contribution in [0.1, 0.15) is 0 Å². The molecule has 0 aliphatic carbocycles. The molecule has 0 bridgehead atoms. The summed E-state index contributed by atoms with van der Waals surface area (Å²) in [5, 5.41) is 10.5. The molecule has 0 saturated heterocycles. The lowest BCUT2D eigenvalue weighted by Crippen LogP contribution is -2.20. The number of nitrogen functional groups attached to an aromatic ring is 1. The number of anilines is 2. The van der Waals surface area contributed by atoms with E-state index in [-0.39, 0.29) is 18.3 Å². The predicted octanol–water partition coefficient (Wildman–Crippen LogP) is 0.386. The van der Waals surface area contributed by atoms with Gasteiger partial charge in [0.05, 0.1) is 23.6 Å². The summed E-state index contributed by atoms with van der Waals surface area (Å²) in [5.41, 5.74) is 7.95. The second kappa shape index (κ2) is 4.65. The molecule has 0 spiro atoms. The van der Waals surface area contributed by atoms with Crippen LogP contribution in [0, 0.1) is 0 Å². The van der Waals surface area contributed by atoms with Crippen LogP contribution in [0.5, 0.6) is 0 Å². The number of carbonyl (C=O) groups excluding carboxylic acids is 1. The first-order chi connectivity index (χ1) is 9.61. The molecule has 3 rings (SSSR count). The lowest BCUT2D eigenvalue weighted by Gasteiger charge is -2.05. The third kappa shape index (κ3) is 2.30. The van der Waals surface area contributed by atoms with Crippen LogP contribution < -0.4 is 11.1 Å². The molecule has 0 fully saturated rings. The van der Waals surface area contributed by atoms with E-state index in [0.29, 0.717) is 5.69 Å². The number of fused-ring (bicyclic) bond motifs is 1. The van der Waals surface area contributed by atoms with Crippen molar-refractivity contribution in [2.45, 2.75) is 6.54 Å². The fourth-order valence-electron chi connectivity index (χ4n) is 1.93. The summed E-state index contributed by atoms with van der Waals surface area (Å²) in [7, 11) is 1.92. The number of rotatable bonds is 3. The van der Waals surface area contributed by atoms with Crippen LogP contribution in [-0.2, 0) is 18.4 Å². The third-order valence-corrected chi connectivity index (χ3v) is 2.85. The number of nitrogens with two attached hydrogens (primary N) is 1. The van der Waals surface area contributed by atoms with E-state index < -0.39 is 0 Å². The van der Waals surface area contributed by atoms with E-state index in [0.717, 1.165) is 11.0 Å². The van der Waals surface area contributed by atoms with Crippen LogP contribution in [0.3, 0.4) is 0 Å². The summed E-state index contributed by atoms with van der Waals surface area (Å²) >= 11 is 0. The van der Waals surface area contributed by atoms with Gasteiger partial charge in [-0.05, 0) is 18.2 Å². The van der Waals surface area contributed by atoms with Gasteiger partial charge in [-0.25, -0.2) is 4.98 Å². The number of carbonyl (C=O) groups is 1. The molecule has 20 heavy (non-hydrogen) atoms. The predicted molar refractivity (Wildman–Crippen MR) is 73.8 cm³/mol. The van der Waals surface area contributed by atoms with Gasteiger partial charge in [0.1, 0.15) is 6.54 Å². The molecule has 0 radical (unpaired) electrons. The van der Waals surface area contributed by atoms with Crippen LogP contribution >= 0.6 is 0 Å². The second-order valence-corrected chi connectivity index (χ2v) is 4.41. The van der Waals surface area contributed by atoms with Crippen molar-refractivity contribution in [3.63, 3.8) is 0 Å². The minimum absolute atomic E-state index is 0.0114. The summed E-state index contributed by atoms with van der Waals surface area (Å²) in [5.74, 6) is 0.0589. The molecule has 0 aliphatic rings. The van der Waals surface area contributed by atoms with E-state index in [2.05, 4.69) is 20.5 Å². The highest BCUT2D eigenvalue weighted by Gasteiger charge is 2.07. The zero-order valence-corrected chi connectivity index (χ0v) is 10.8.